The highest BCUT2D eigenvalue weighted by molar-refractivity contribution is 7.12. The Morgan fingerprint density at radius 1 is 1.16 bits per heavy atom. The van der Waals surface area contributed by atoms with E-state index in [0.717, 1.165) is 0 Å². The second-order valence-corrected chi connectivity index (χ2v) is 4.40. The first kappa shape index (κ1) is 13.1. The molecular weight excluding hydrogens is 266 g/mol. The smallest absolute Gasteiger partial charge is 0.417 e. The highest BCUT2D eigenvalue weighted by Crippen LogP contribution is 2.23. The average molecular weight is 277 g/mol. The molecule has 1 amide bonds. The maximum absolute atomic E-state index is 11.7. The third-order valence-electron chi connectivity index (χ3n) is 2.23. The maximum atomic E-state index is 11.7. The summed E-state index contributed by atoms with van der Waals surface area (Å²) in [6, 6.07) is 10.3. The highest BCUT2D eigenvalue weighted by Gasteiger charge is 2.16. The van der Waals surface area contributed by atoms with Gasteiger partial charge in [0.05, 0.1) is 12.8 Å². The Morgan fingerprint density at radius 2 is 1.89 bits per heavy atom. The Hall–Kier alpha value is -2.34. The molecule has 0 bridgehead atoms. The molecule has 0 aliphatic carbocycles. The normalized spacial score (nSPS) is 9.74. The van der Waals surface area contributed by atoms with Crippen LogP contribution >= 0.6 is 11.3 Å². The van der Waals surface area contributed by atoms with Crippen LogP contribution in [0.1, 0.15) is 9.67 Å². The van der Waals surface area contributed by atoms with Crippen molar-refractivity contribution < 1.29 is 19.1 Å². The van der Waals surface area contributed by atoms with Gasteiger partial charge in [-0.15, -0.1) is 11.3 Å². The van der Waals surface area contributed by atoms with Gasteiger partial charge in [0.15, 0.2) is 0 Å². The van der Waals surface area contributed by atoms with Gasteiger partial charge in [-0.1, -0.05) is 18.2 Å². The molecule has 6 heteroatoms. The quantitative estimate of drug-likeness (QED) is 0.875. The molecule has 19 heavy (non-hydrogen) atoms. The molecule has 2 aromatic rings. The number of ether oxygens (including phenoxy) is 2. The number of carbonyl (C=O) groups is 2. The molecule has 98 valence electrons. The van der Waals surface area contributed by atoms with Crippen LogP contribution in [0.5, 0.6) is 5.75 Å². The third-order valence-corrected chi connectivity index (χ3v) is 3.12. The van der Waals surface area contributed by atoms with Gasteiger partial charge in [-0.25, -0.2) is 9.59 Å². The molecule has 0 fully saturated rings. The zero-order valence-corrected chi connectivity index (χ0v) is 10.9. The monoisotopic (exact) mass is 277 g/mol. The van der Waals surface area contributed by atoms with Crippen LogP contribution in [0.15, 0.2) is 41.8 Å². The van der Waals surface area contributed by atoms with Crippen molar-refractivity contribution in [3.8, 4) is 5.75 Å². The Morgan fingerprint density at radius 3 is 2.58 bits per heavy atom. The molecule has 5 nitrogen and oxygen atoms in total. The van der Waals surface area contributed by atoms with Crippen molar-refractivity contribution in [2.24, 2.45) is 0 Å². The first-order valence-electron chi connectivity index (χ1n) is 5.40. The minimum absolute atomic E-state index is 0.326. The molecule has 1 N–H and O–H groups in total. The van der Waals surface area contributed by atoms with Gasteiger partial charge < -0.3 is 9.47 Å². The molecule has 0 spiro atoms. The second-order valence-electron chi connectivity index (χ2n) is 3.48. The average Bonchev–Trinajstić information content (AvgIpc) is 2.87. The van der Waals surface area contributed by atoms with Gasteiger partial charge in [0, 0.05) is 0 Å². The molecule has 0 radical (unpaired) electrons. The van der Waals surface area contributed by atoms with Crippen molar-refractivity contribution in [3.63, 3.8) is 0 Å². The lowest BCUT2D eigenvalue weighted by Gasteiger charge is -2.06. The fourth-order valence-corrected chi connectivity index (χ4v) is 2.16. The van der Waals surface area contributed by atoms with Gasteiger partial charge in [-0.2, -0.15) is 0 Å². The largest absolute Gasteiger partial charge is 0.465 e. The number of esters is 1. The molecular formula is C13H11NO4S. The number of carbonyl (C=O) groups excluding carboxylic acids is 2. The van der Waals surface area contributed by atoms with Crippen molar-refractivity contribution in [1.29, 1.82) is 0 Å². The van der Waals surface area contributed by atoms with Crippen molar-refractivity contribution in [2.45, 2.75) is 0 Å². The van der Waals surface area contributed by atoms with Gasteiger partial charge in [0.25, 0.3) is 0 Å². The molecule has 0 saturated heterocycles. The molecule has 1 aromatic heterocycles. The first-order chi connectivity index (χ1) is 9.20. The Kier molecular flexibility index (Phi) is 4.15. The summed E-state index contributed by atoms with van der Waals surface area (Å²) in [7, 11) is 1.29. The lowest BCUT2D eigenvalue weighted by atomic mass is 10.3. The van der Waals surface area contributed by atoms with Crippen molar-refractivity contribution >= 4 is 29.1 Å². The van der Waals surface area contributed by atoms with E-state index in [2.05, 4.69) is 10.1 Å². The van der Waals surface area contributed by atoms with E-state index in [1.165, 1.54) is 18.4 Å². The topological polar surface area (TPSA) is 64.6 Å². The van der Waals surface area contributed by atoms with E-state index in [1.807, 2.05) is 6.07 Å². The third kappa shape index (κ3) is 3.32. The van der Waals surface area contributed by atoms with Crippen molar-refractivity contribution in [2.75, 3.05) is 12.4 Å². The number of methoxy groups -OCH3 is 1. The van der Waals surface area contributed by atoms with Gasteiger partial charge in [-0.3, -0.25) is 5.32 Å². The van der Waals surface area contributed by atoms with Crippen LogP contribution in [0.4, 0.5) is 10.5 Å². The Bertz CT molecular complexity index is 579. The standard InChI is InChI=1S/C13H11NO4S/c1-17-12(15)11-10(7-8-19-11)14-13(16)18-9-5-3-2-4-6-9/h2-8H,1H3,(H,14,16). The summed E-state index contributed by atoms with van der Waals surface area (Å²) < 4.78 is 9.67. The summed E-state index contributed by atoms with van der Waals surface area (Å²) >= 11 is 1.19. The minimum Gasteiger partial charge on any atom is -0.465 e. The molecule has 2 rings (SSSR count). The van der Waals surface area contributed by atoms with Crippen LogP contribution in [-0.2, 0) is 4.74 Å². The summed E-state index contributed by atoms with van der Waals surface area (Å²) in [6.07, 6.45) is -0.658. The Balaban J connectivity index is 2.04. The summed E-state index contributed by atoms with van der Waals surface area (Å²) in [5.74, 6) is -0.0696. The van der Waals surface area contributed by atoms with Crippen LogP contribution in [0.3, 0.4) is 0 Å². The lowest BCUT2D eigenvalue weighted by Crippen LogP contribution is -2.17. The summed E-state index contributed by atoms with van der Waals surface area (Å²) in [5, 5.41) is 4.19. The number of nitrogens with one attached hydrogen (secondary N) is 1. The van der Waals surface area contributed by atoms with Gasteiger partial charge in [-0.05, 0) is 23.6 Å². The predicted octanol–water partition coefficient (Wildman–Crippen LogP) is 3.15. The molecule has 0 atom stereocenters. The summed E-state index contributed by atoms with van der Waals surface area (Å²) in [6.45, 7) is 0. The van der Waals surface area contributed by atoms with Crippen molar-refractivity contribution in [1.82, 2.24) is 0 Å². The number of para-hydroxylation sites is 1. The highest BCUT2D eigenvalue weighted by atomic mass is 32.1. The molecule has 0 aliphatic rings. The molecule has 0 aliphatic heterocycles. The fraction of sp³-hybridized carbons (Fsp3) is 0.0769. The fourth-order valence-electron chi connectivity index (χ4n) is 1.39. The zero-order valence-electron chi connectivity index (χ0n) is 10.1. The van der Waals surface area contributed by atoms with E-state index in [-0.39, 0.29) is 0 Å². The zero-order chi connectivity index (χ0) is 13.7. The summed E-state index contributed by atoms with van der Waals surface area (Å²) in [4.78, 5) is 23.4. The van der Waals surface area contributed by atoms with Crippen LogP contribution in [0, 0.1) is 0 Å². The van der Waals surface area contributed by atoms with E-state index in [4.69, 9.17) is 4.74 Å². The number of amides is 1. The molecule has 1 heterocycles. The second kappa shape index (κ2) is 6.01. The Labute approximate surface area is 113 Å². The molecule has 0 unspecified atom stereocenters. The number of hydrogen-bond acceptors (Lipinski definition) is 5. The SMILES string of the molecule is COC(=O)c1sccc1NC(=O)Oc1ccccc1. The maximum Gasteiger partial charge on any atom is 0.417 e. The van der Waals surface area contributed by atoms with E-state index in [9.17, 15) is 9.59 Å². The van der Waals surface area contributed by atoms with Crippen LogP contribution in [0.25, 0.3) is 0 Å². The van der Waals surface area contributed by atoms with Crippen LogP contribution < -0.4 is 10.1 Å². The van der Waals surface area contributed by atoms with E-state index in [0.29, 0.717) is 16.3 Å². The number of anilines is 1. The van der Waals surface area contributed by atoms with Gasteiger partial charge >= 0.3 is 12.1 Å². The van der Waals surface area contributed by atoms with E-state index >= 15 is 0 Å². The molecule has 0 saturated carbocycles. The van der Waals surface area contributed by atoms with Gasteiger partial charge in [0.1, 0.15) is 10.6 Å². The van der Waals surface area contributed by atoms with Crippen LogP contribution in [0.2, 0.25) is 0 Å². The number of rotatable bonds is 3. The number of benzene rings is 1. The minimum atomic E-state index is -0.658. The van der Waals surface area contributed by atoms with Gasteiger partial charge in [0.2, 0.25) is 0 Å². The predicted molar refractivity (Wildman–Crippen MR) is 71.7 cm³/mol. The lowest BCUT2D eigenvalue weighted by molar-refractivity contribution is 0.0607. The first-order valence-corrected chi connectivity index (χ1v) is 6.28. The number of thiophene rings is 1. The van der Waals surface area contributed by atoms with Crippen molar-refractivity contribution in [3.05, 3.63) is 46.7 Å². The summed E-state index contributed by atoms with van der Waals surface area (Å²) in [5.41, 5.74) is 0.373. The molecule has 1 aromatic carbocycles. The number of hydrogen-bond donors (Lipinski definition) is 1. The van der Waals surface area contributed by atoms with Crippen LogP contribution in [-0.4, -0.2) is 19.2 Å². The van der Waals surface area contributed by atoms with E-state index in [1.54, 1.807) is 35.7 Å². The van der Waals surface area contributed by atoms with E-state index < -0.39 is 12.1 Å².